The third-order valence-electron chi connectivity index (χ3n) is 3.05. The maximum atomic E-state index is 3.78. The Bertz CT molecular complexity index is 390. The quantitative estimate of drug-likeness (QED) is 0.762. The van der Waals surface area contributed by atoms with Crippen LogP contribution in [0.25, 0.3) is 0 Å². The molecule has 0 aliphatic carbocycles. The van der Waals surface area contributed by atoms with E-state index >= 15 is 0 Å². The number of anilines is 1. The van der Waals surface area contributed by atoms with E-state index in [1.807, 2.05) is 6.08 Å². The van der Waals surface area contributed by atoms with Gasteiger partial charge in [0.2, 0.25) is 0 Å². The molecule has 0 heterocycles. The lowest BCUT2D eigenvalue weighted by Crippen LogP contribution is -2.24. The van der Waals surface area contributed by atoms with E-state index in [0.29, 0.717) is 6.04 Å². The first-order valence-corrected chi connectivity index (χ1v) is 7.24. The minimum Gasteiger partial charge on any atom is -0.374 e. The molecule has 0 aromatic heterocycles. The van der Waals surface area contributed by atoms with Crippen LogP contribution in [0.3, 0.4) is 0 Å². The fourth-order valence-electron chi connectivity index (χ4n) is 2.04. The Morgan fingerprint density at radius 1 is 1.50 bits per heavy atom. The van der Waals surface area contributed by atoms with Gasteiger partial charge in [-0.05, 0) is 43.7 Å². The SMILES string of the molecule is C=CCCN(C)c1ccc(Br)cc1C(C)NCC. The Morgan fingerprint density at radius 2 is 2.22 bits per heavy atom. The van der Waals surface area contributed by atoms with E-state index in [-0.39, 0.29) is 0 Å². The number of hydrogen-bond acceptors (Lipinski definition) is 2. The van der Waals surface area contributed by atoms with E-state index in [2.05, 4.69) is 71.8 Å². The number of benzene rings is 1. The number of halogens is 1. The van der Waals surface area contributed by atoms with E-state index in [1.54, 1.807) is 0 Å². The van der Waals surface area contributed by atoms with Crippen molar-refractivity contribution in [1.82, 2.24) is 5.32 Å². The highest BCUT2D eigenvalue weighted by molar-refractivity contribution is 9.10. The Labute approximate surface area is 119 Å². The van der Waals surface area contributed by atoms with Crippen molar-refractivity contribution in [2.75, 3.05) is 25.0 Å². The molecule has 0 spiro atoms. The van der Waals surface area contributed by atoms with Crippen molar-refractivity contribution in [3.63, 3.8) is 0 Å². The highest BCUT2D eigenvalue weighted by Crippen LogP contribution is 2.29. The Balaban J connectivity index is 2.98. The zero-order chi connectivity index (χ0) is 13.5. The van der Waals surface area contributed by atoms with Crippen molar-refractivity contribution >= 4 is 21.6 Å². The number of rotatable bonds is 7. The second-order valence-electron chi connectivity index (χ2n) is 4.48. The second-order valence-corrected chi connectivity index (χ2v) is 5.40. The summed E-state index contributed by atoms with van der Waals surface area (Å²) in [6.45, 7) is 10.1. The minimum absolute atomic E-state index is 0.355. The fraction of sp³-hybridized carbons (Fsp3) is 0.467. The molecule has 1 atom stereocenters. The molecule has 100 valence electrons. The molecule has 3 heteroatoms. The van der Waals surface area contributed by atoms with Gasteiger partial charge in [0, 0.05) is 29.8 Å². The van der Waals surface area contributed by atoms with E-state index in [0.717, 1.165) is 24.0 Å². The summed E-state index contributed by atoms with van der Waals surface area (Å²) in [4.78, 5) is 2.29. The average molecular weight is 311 g/mol. The molecule has 0 radical (unpaired) electrons. The number of hydrogen-bond donors (Lipinski definition) is 1. The van der Waals surface area contributed by atoms with Crippen LogP contribution in [0, 0.1) is 0 Å². The van der Waals surface area contributed by atoms with Gasteiger partial charge in [-0.25, -0.2) is 0 Å². The van der Waals surface area contributed by atoms with Gasteiger partial charge in [-0.2, -0.15) is 0 Å². The summed E-state index contributed by atoms with van der Waals surface area (Å²) in [5.41, 5.74) is 2.62. The normalized spacial score (nSPS) is 12.2. The van der Waals surface area contributed by atoms with Gasteiger partial charge >= 0.3 is 0 Å². The van der Waals surface area contributed by atoms with Gasteiger partial charge in [-0.1, -0.05) is 28.9 Å². The van der Waals surface area contributed by atoms with Crippen LogP contribution in [0.4, 0.5) is 5.69 Å². The zero-order valence-electron chi connectivity index (χ0n) is 11.5. The van der Waals surface area contributed by atoms with Gasteiger partial charge in [0.05, 0.1) is 0 Å². The summed E-state index contributed by atoms with van der Waals surface area (Å²) in [5.74, 6) is 0. The molecule has 18 heavy (non-hydrogen) atoms. The second kappa shape index (κ2) is 7.59. The van der Waals surface area contributed by atoms with Crippen LogP contribution >= 0.6 is 15.9 Å². The molecule has 1 aromatic rings. The lowest BCUT2D eigenvalue weighted by atomic mass is 10.1. The maximum Gasteiger partial charge on any atom is 0.0412 e. The Kier molecular flexibility index (Phi) is 6.44. The molecule has 0 saturated carbocycles. The molecule has 0 aliphatic rings. The molecule has 0 bridgehead atoms. The van der Waals surface area contributed by atoms with Gasteiger partial charge in [0.15, 0.2) is 0 Å². The topological polar surface area (TPSA) is 15.3 Å². The van der Waals surface area contributed by atoms with Crippen molar-refractivity contribution in [3.8, 4) is 0 Å². The molecule has 0 amide bonds. The van der Waals surface area contributed by atoms with E-state index in [1.165, 1.54) is 11.3 Å². The molecule has 2 nitrogen and oxygen atoms in total. The minimum atomic E-state index is 0.355. The average Bonchev–Trinajstić information content (AvgIpc) is 2.36. The number of nitrogens with one attached hydrogen (secondary N) is 1. The zero-order valence-corrected chi connectivity index (χ0v) is 13.1. The summed E-state index contributed by atoms with van der Waals surface area (Å²) in [6, 6.07) is 6.83. The van der Waals surface area contributed by atoms with Crippen LogP contribution in [0.2, 0.25) is 0 Å². The highest BCUT2D eigenvalue weighted by atomic mass is 79.9. The fourth-order valence-corrected chi connectivity index (χ4v) is 2.42. The maximum absolute atomic E-state index is 3.78. The van der Waals surface area contributed by atoms with Crippen LogP contribution in [-0.2, 0) is 0 Å². The Hall–Kier alpha value is -0.800. The summed E-state index contributed by atoms with van der Waals surface area (Å²) >= 11 is 3.56. The molecule has 1 rings (SSSR count). The van der Waals surface area contributed by atoms with Gasteiger partial charge in [-0.3, -0.25) is 0 Å². The predicted molar refractivity (Wildman–Crippen MR) is 84.3 cm³/mol. The largest absolute Gasteiger partial charge is 0.374 e. The van der Waals surface area contributed by atoms with E-state index in [4.69, 9.17) is 0 Å². The van der Waals surface area contributed by atoms with Crippen LogP contribution in [0.15, 0.2) is 35.3 Å². The van der Waals surface area contributed by atoms with Crippen LogP contribution in [-0.4, -0.2) is 20.1 Å². The molecule has 0 saturated heterocycles. The molecule has 0 fully saturated rings. The van der Waals surface area contributed by atoms with Crippen molar-refractivity contribution in [2.24, 2.45) is 0 Å². The monoisotopic (exact) mass is 310 g/mol. The van der Waals surface area contributed by atoms with Crippen molar-refractivity contribution in [2.45, 2.75) is 26.3 Å². The molecular formula is C15H23BrN2. The summed E-state index contributed by atoms with van der Waals surface area (Å²) in [5, 5.41) is 3.47. The lowest BCUT2D eigenvalue weighted by Gasteiger charge is -2.25. The lowest BCUT2D eigenvalue weighted by molar-refractivity contribution is 0.596. The third kappa shape index (κ3) is 4.14. The first-order chi connectivity index (χ1) is 8.60. The smallest absolute Gasteiger partial charge is 0.0412 e. The standard InChI is InChI=1S/C15H23BrN2/c1-5-7-10-18(4)15-9-8-13(16)11-14(15)12(3)17-6-2/h5,8-9,11-12,17H,1,6-7,10H2,2-4H3. The van der Waals surface area contributed by atoms with Crippen LogP contribution < -0.4 is 10.2 Å². The van der Waals surface area contributed by atoms with Crippen molar-refractivity contribution in [1.29, 1.82) is 0 Å². The molecular weight excluding hydrogens is 288 g/mol. The van der Waals surface area contributed by atoms with Gasteiger partial charge in [0.1, 0.15) is 0 Å². The summed E-state index contributed by atoms with van der Waals surface area (Å²) in [7, 11) is 2.13. The first kappa shape index (κ1) is 15.3. The Morgan fingerprint density at radius 3 is 2.83 bits per heavy atom. The molecule has 1 N–H and O–H groups in total. The van der Waals surface area contributed by atoms with Crippen molar-refractivity contribution in [3.05, 3.63) is 40.9 Å². The molecule has 0 aliphatic heterocycles. The van der Waals surface area contributed by atoms with Crippen LogP contribution in [0.5, 0.6) is 0 Å². The van der Waals surface area contributed by atoms with Gasteiger partial charge < -0.3 is 10.2 Å². The first-order valence-electron chi connectivity index (χ1n) is 6.45. The van der Waals surface area contributed by atoms with Crippen molar-refractivity contribution < 1.29 is 0 Å². The van der Waals surface area contributed by atoms with E-state index < -0.39 is 0 Å². The summed E-state index contributed by atoms with van der Waals surface area (Å²) in [6.07, 6.45) is 2.96. The highest BCUT2D eigenvalue weighted by Gasteiger charge is 2.13. The molecule has 1 aromatic carbocycles. The third-order valence-corrected chi connectivity index (χ3v) is 3.54. The van der Waals surface area contributed by atoms with Crippen LogP contribution in [0.1, 0.15) is 31.9 Å². The van der Waals surface area contributed by atoms with E-state index in [9.17, 15) is 0 Å². The van der Waals surface area contributed by atoms with Gasteiger partial charge in [-0.15, -0.1) is 6.58 Å². The number of nitrogens with zero attached hydrogens (tertiary/aromatic N) is 1. The molecule has 1 unspecified atom stereocenters. The van der Waals surface area contributed by atoms with Gasteiger partial charge in [0.25, 0.3) is 0 Å². The predicted octanol–water partition coefficient (Wildman–Crippen LogP) is 4.13. The summed E-state index contributed by atoms with van der Waals surface area (Å²) < 4.78 is 1.13.